The minimum absolute atomic E-state index is 0.848. The zero-order valence-electron chi connectivity index (χ0n) is 11.7. The molecule has 0 radical (unpaired) electrons. The van der Waals surface area contributed by atoms with Gasteiger partial charge in [0.1, 0.15) is 0 Å². The van der Waals surface area contributed by atoms with Crippen molar-refractivity contribution in [3.63, 3.8) is 0 Å². The van der Waals surface area contributed by atoms with Gasteiger partial charge in [0.25, 0.3) is 0 Å². The molecule has 0 amide bonds. The summed E-state index contributed by atoms with van der Waals surface area (Å²) in [4.78, 5) is 4.53. The number of hydrogen-bond donors (Lipinski definition) is 0. The topological polar surface area (TPSA) is 30.7 Å². The van der Waals surface area contributed by atoms with Crippen molar-refractivity contribution in [2.24, 2.45) is 0 Å². The standard InChI is InChI=1S/C17H17N3/c1-13-7-6-10-17(18-13)20-14(2)11-16(19-20)12-15-8-4-3-5-9-15/h3-11H,12H2,1-2H3. The molecule has 0 saturated carbocycles. The highest BCUT2D eigenvalue weighted by molar-refractivity contribution is 5.29. The van der Waals surface area contributed by atoms with Crippen LogP contribution in [0.3, 0.4) is 0 Å². The lowest BCUT2D eigenvalue weighted by molar-refractivity contribution is 0.793. The van der Waals surface area contributed by atoms with Gasteiger partial charge in [0.15, 0.2) is 5.82 Å². The van der Waals surface area contributed by atoms with Gasteiger partial charge in [-0.3, -0.25) is 0 Å². The Bertz CT molecular complexity index is 714. The molecule has 0 saturated heterocycles. The summed E-state index contributed by atoms with van der Waals surface area (Å²) in [5.74, 6) is 0.877. The van der Waals surface area contributed by atoms with Crippen molar-refractivity contribution in [3.8, 4) is 5.82 Å². The molecular weight excluding hydrogens is 246 g/mol. The van der Waals surface area contributed by atoms with E-state index in [0.717, 1.165) is 29.3 Å². The van der Waals surface area contributed by atoms with Gasteiger partial charge < -0.3 is 0 Å². The number of pyridine rings is 1. The van der Waals surface area contributed by atoms with Crippen LogP contribution in [0, 0.1) is 13.8 Å². The van der Waals surface area contributed by atoms with Crippen molar-refractivity contribution < 1.29 is 0 Å². The van der Waals surface area contributed by atoms with Crippen LogP contribution in [0.4, 0.5) is 0 Å². The van der Waals surface area contributed by atoms with E-state index in [2.05, 4.69) is 47.3 Å². The largest absolute Gasteiger partial charge is 0.234 e. The summed E-state index contributed by atoms with van der Waals surface area (Å²) in [6.45, 7) is 4.05. The molecule has 3 aromatic rings. The molecule has 3 nitrogen and oxygen atoms in total. The van der Waals surface area contributed by atoms with Crippen molar-refractivity contribution >= 4 is 0 Å². The Morgan fingerprint density at radius 1 is 0.950 bits per heavy atom. The first kappa shape index (κ1) is 12.6. The maximum absolute atomic E-state index is 4.67. The second-order valence-corrected chi connectivity index (χ2v) is 4.99. The van der Waals surface area contributed by atoms with E-state index < -0.39 is 0 Å². The average molecular weight is 263 g/mol. The van der Waals surface area contributed by atoms with Gasteiger partial charge in [0.05, 0.1) is 5.69 Å². The van der Waals surface area contributed by atoms with Crippen LogP contribution in [0.2, 0.25) is 0 Å². The fourth-order valence-corrected chi connectivity index (χ4v) is 2.31. The molecule has 0 aliphatic carbocycles. The molecule has 0 spiro atoms. The Labute approximate surface area is 118 Å². The molecule has 3 rings (SSSR count). The lowest BCUT2D eigenvalue weighted by Gasteiger charge is -2.03. The van der Waals surface area contributed by atoms with Crippen LogP contribution in [0.25, 0.3) is 5.82 Å². The summed E-state index contributed by atoms with van der Waals surface area (Å²) in [7, 11) is 0. The maximum Gasteiger partial charge on any atom is 0.153 e. The van der Waals surface area contributed by atoms with Crippen LogP contribution in [-0.4, -0.2) is 14.8 Å². The first-order valence-electron chi connectivity index (χ1n) is 6.76. The van der Waals surface area contributed by atoms with Crippen LogP contribution in [0.1, 0.15) is 22.6 Å². The quantitative estimate of drug-likeness (QED) is 0.724. The Hall–Kier alpha value is -2.42. The lowest BCUT2D eigenvalue weighted by Crippen LogP contribution is -2.03. The molecule has 2 aromatic heterocycles. The predicted molar refractivity (Wildman–Crippen MR) is 80.1 cm³/mol. The second-order valence-electron chi connectivity index (χ2n) is 4.99. The van der Waals surface area contributed by atoms with Gasteiger partial charge in [-0.25, -0.2) is 9.67 Å². The van der Waals surface area contributed by atoms with Crippen molar-refractivity contribution in [1.82, 2.24) is 14.8 Å². The molecule has 0 bridgehead atoms. The van der Waals surface area contributed by atoms with E-state index >= 15 is 0 Å². The molecular formula is C17H17N3. The second kappa shape index (κ2) is 5.29. The normalized spacial score (nSPS) is 10.7. The Kier molecular flexibility index (Phi) is 3.33. The van der Waals surface area contributed by atoms with Crippen LogP contribution in [0.15, 0.2) is 54.6 Å². The SMILES string of the molecule is Cc1cccc(-n2nc(Cc3ccccc3)cc2C)n1. The van der Waals surface area contributed by atoms with Crippen LogP contribution in [-0.2, 0) is 6.42 Å². The first-order chi connectivity index (χ1) is 9.72. The molecule has 0 unspecified atom stereocenters. The van der Waals surface area contributed by atoms with E-state index in [0.29, 0.717) is 0 Å². The van der Waals surface area contributed by atoms with E-state index in [-0.39, 0.29) is 0 Å². The summed E-state index contributed by atoms with van der Waals surface area (Å²) in [5, 5.41) is 4.67. The molecule has 0 N–H and O–H groups in total. The van der Waals surface area contributed by atoms with Crippen molar-refractivity contribution in [2.75, 3.05) is 0 Å². The number of benzene rings is 1. The zero-order valence-corrected chi connectivity index (χ0v) is 11.7. The van der Waals surface area contributed by atoms with Crippen molar-refractivity contribution in [1.29, 1.82) is 0 Å². The Morgan fingerprint density at radius 2 is 1.75 bits per heavy atom. The van der Waals surface area contributed by atoms with E-state index in [4.69, 9.17) is 0 Å². The zero-order chi connectivity index (χ0) is 13.9. The lowest BCUT2D eigenvalue weighted by atomic mass is 10.1. The highest BCUT2D eigenvalue weighted by atomic mass is 15.3. The molecule has 100 valence electrons. The van der Waals surface area contributed by atoms with E-state index in [9.17, 15) is 0 Å². The van der Waals surface area contributed by atoms with E-state index in [1.165, 1.54) is 5.56 Å². The van der Waals surface area contributed by atoms with Crippen LogP contribution < -0.4 is 0 Å². The predicted octanol–water partition coefficient (Wildman–Crippen LogP) is 3.47. The van der Waals surface area contributed by atoms with E-state index in [1.54, 1.807) is 0 Å². The van der Waals surface area contributed by atoms with Crippen molar-refractivity contribution in [2.45, 2.75) is 20.3 Å². The minimum Gasteiger partial charge on any atom is -0.234 e. The highest BCUT2D eigenvalue weighted by Gasteiger charge is 2.07. The molecule has 0 aliphatic rings. The number of nitrogens with zero attached hydrogens (tertiary/aromatic N) is 3. The number of aryl methyl sites for hydroxylation is 2. The van der Waals surface area contributed by atoms with Crippen LogP contribution in [0.5, 0.6) is 0 Å². The maximum atomic E-state index is 4.67. The molecule has 0 fully saturated rings. The third kappa shape index (κ3) is 2.62. The number of aromatic nitrogens is 3. The van der Waals surface area contributed by atoms with Gasteiger partial charge >= 0.3 is 0 Å². The molecule has 0 atom stereocenters. The Balaban J connectivity index is 1.91. The third-order valence-electron chi connectivity index (χ3n) is 3.26. The van der Waals surface area contributed by atoms with Gasteiger partial charge in [-0.05, 0) is 37.6 Å². The molecule has 2 heterocycles. The fraction of sp³-hybridized carbons (Fsp3) is 0.176. The third-order valence-corrected chi connectivity index (χ3v) is 3.26. The smallest absolute Gasteiger partial charge is 0.153 e. The summed E-state index contributed by atoms with van der Waals surface area (Å²) in [6, 6.07) is 18.5. The number of hydrogen-bond acceptors (Lipinski definition) is 2. The summed E-state index contributed by atoms with van der Waals surface area (Å²) < 4.78 is 1.91. The Morgan fingerprint density at radius 3 is 2.50 bits per heavy atom. The highest BCUT2D eigenvalue weighted by Crippen LogP contribution is 2.13. The molecule has 20 heavy (non-hydrogen) atoms. The van der Waals surface area contributed by atoms with Gasteiger partial charge in [-0.2, -0.15) is 5.10 Å². The van der Waals surface area contributed by atoms with Crippen molar-refractivity contribution in [3.05, 3.63) is 77.2 Å². The average Bonchev–Trinajstić information content (AvgIpc) is 2.81. The van der Waals surface area contributed by atoms with Gasteiger partial charge in [0, 0.05) is 17.8 Å². The van der Waals surface area contributed by atoms with Gasteiger partial charge in [-0.1, -0.05) is 36.4 Å². The van der Waals surface area contributed by atoms with Crippen LogP contribution >= 0.6 is 0 Å². The fourth-order valence-electron chi connectivity index (χ4n) is 2.31. The summed E-state index contributed by atoms with van der Waals surface area (Å²) >= 11 is 0. The van der Waals surface area contributed by atoms with Gasteiger partial charge in [-0.15, -0.1) is 0 Å². The molecule has 0 aliphatic heterocycles. The van der Waals surface area contributed by atoms with Gasteiger partial charge in [0.2, 0.25) is 0 Å². The van der Waals surface area contributed by atoms with E-state index in [1.807, 2.05) is 35.9 Å². The number of rotatable bonds is 3. The molecule has 1 aromatic carbocycles. The molecule has 3 heteroatoms. The summed E-state index contributed by atoms with van der Waals surface area (Å²) in [5.41, 5.74) is 4.45. The first-order valence-corrected chi connectivity index (χ1v) is 6.76. The summed E-state index contributed by atoms with van der Waals surface area (Å²) in [6.07, 6.45) is 0.848. The minimum atomic E-state index is 0.848. The monoisotopic (exact) mass is 263 g/mol.